The van der Waals surface area contributed by atoms with Crippen molar-refractivity contribution in [2.45, 2.75) is 11.4 Å². The van der Waals surface area contributed by atoms with Gasteiger partial charge in [-0.2, -0.15) is 5.10 Å². The van der Waals surface area contributed by atoms with E-state index in [1.54, 1.807) is 0 Å². The van der Waals surface area contributed by atoms with Crippen LogP contribution in [-0.2, 0) is 26.1 Å². The molecule has 0 saturated heterocycles. The van der Waals surface area contributed by atoms with E-state index in [2.05, 4.69) is 46.4 Å². The number of ether oxygens (including phenoxy) is 1. The summed E-state index contributed by atoms with van der Waals surface area (Å²) in [5.74, 6) is -0.475. The van der Waals surface area contributed by atoms with Gasteiger partial charge in [-0.05, 0) is 37.9 Å². The van der Waals surface area contributed by atoms with Crippen molar-refractivity contribution in [1.82, 2.24) is 9.78 Å². The van der Waals surface area contributed by atoms with Crippen LogP contribution < -0.4 is 4.72 Å². The van der Waals surface area contributed by atoms with Crippen LogP contribution in [0.3, 0.4) is 0 Å². The molecule has 0 aromatic carbocycles. The number of carbonyl (C=O) groups excluding carboxylic acids is 1. The first-order chi connectivity index (χ1) is 9.81. The molecule has 2 rings (SSSR count). The van der Waals surface area contributed by atoms with Crippen molar-refractivity contribution >= 4 is 64.9 Å². The number of nitrogens with zero attached hydrogens (tertiary/aromatic N) is 2. The molecule has 0 aliphatic carbocycles. The standard InChI is InChI=1S/C10H9Br2N3O4S2/c1-19-9(16)5-15-4-6(3-13-15)14-21(17,18)7-2-8(11)20-10(7)12/h2-4,14H,5H2,1H3. The van der Waals surface area contributed by atoms with Gasteiger partial charge < -0.3 is 4.74 Å². The fraction of sp³-hybridized carbons (Fsp3) is 0.200. The van der Waals surface area contributed by atoms with Gasteiger partial charge in [0.15, 0.2) is 0 Å². The molecule has 21 heavy (non-hydrogen) atoms. The van der Waals surface area contributed by atoms with Gasteiger partial charge in [-0.15, -0.1) is 11.3 Å². The third-order valence-electron chi connectivity index (χ3n) is 2.32. The lowest BCUT2D eigenvalue weighted by Crippen LogP contribution is -2.13. The Bertz CT molecular complexity index is 769. The summed E-state index contributed by atoms with van der Waals surface area (Å²) in [6.45, 7) is -0.0913. The minimum atomic E-state index is -3.73. The number of anilines is 1. The van der Waals surface area contributed by atoms with E-state index in [0.29, 0.717) is 7.57 Å². The first kappa shape index (κ1) is 16.5. The summed E-state index contributed by atoms with van der Waals surface area (Å²) in [5.41, 5.74) is 0.258. The predicted octanol–water partition coefficient (Wildman–Crippen LogP) is 2.44. The summed E-state index contributed by atoms with van der Waals surface area (Å²) in [5, 5.41) is 3.88. The van der Waals surface area contributed by atoms with Gasteiger partial charge in [0.1, 0.15) is 11.4 Å². The molecule has 0 atom stereocenters. The number of carbonyl (C=O) groups is 1. The van der Waals surface area contributed by atoms with Crippen molar-refractivity contribution in [3.63, 3.8) is 0 Å². The van der Waals surface area contributed by atoms with Crippen molar-refractivity contribution < 1.29 is 17.9 Å². The molecule has 114 valence electrons. The largest absolute Gasteiger partial charge is 0.468 e. The summed E-state index contributed by atoms with van der Waals surface area (Å²) in [6, 6.07) is 1.50. The zero-order valence-electron chi connectivity index (χ0n) is 10.5. The Morgan fingerprint density at radius 3 is 2.81 bits per heavy atom. The van der Waals surface area contributed by atoms with E-state index in [0.717, 1.165) is 0 Å². The third kappa shape index (κ3) is 4.05. The number of aromatic nitrogens is 2. The number of nitrogens with one attached hydrogen (secondary N) is 1. The summed E-state index contributed by atoms with van der Waals surface area (Å²) < 4.78 is 33.8. The maximum absolute atomic E-state index is 12.2. The highest BCUT2D eigenvalue weighted by Gasteiger charge is 2.21. The number of thiophene rings is 1. The van der Waals surface area contributed by atoms with Crippen LogP contribution in [0.2, 0.25) is 0 Å². The van der Waals surface area contributed by atoms with E-state index in [9.17, 15) is 13.2 Å². The number of methoxy groups -OCH3 is 1. The van der Waals surface area contributed by atoms with Gasteiger partial charge >= 0.3 is 5.97 Å². The Morgan fingerprint density at radius 1 is 1.52 bits per heavy atom. The second kappa shape index (κ2) is 6.46. The maximum atomic E-state index is 12.2. The summed E-state index contributed by atoms with van der Waals surface area (Å²) in [4.78, 5) is 11.2. The Kier molecular flexibility index (Phi) is 5.07. The van der Waals surface area contributed by atoms with Crippen LogP contribution in [-0.4, -0.2) is 31.3 Å². The number of sulfonamides is 1. The fourth-order valence-corrected chi connectivity index (χ4v) is 6.26. The summed E-state index contributed by atoms with van der Waals surface area (Å²) in [7, 11) is -2.46. The number of hydrogen-bond acceptors (Lipinski definition) is 6. The van der Waals surface area contributed by atoms with Crippen molar-refractivity contribution in [1.29, 1.82) is 0 Å². The number of halogens is 2. The zero-order chi connectivity index (χ0) is 15.6. The molecule has 0 aliphatic rings. The van der Waals surface area contributed by atoms with Gasteiger partial charge in [-0.3, -0.25) is 14.2 Å². The molecule has 0 saturated carbocycles. The van der Waals surface area contributed by atoms with Crippen LogP contribution in [0, 0.1) is 0 Å². The van der Waals surface area contributed by atoms with Gasteiger partial charge in [0.2, 0.25) is 0 Å². The Labute approximate surface area is 141 Å². The normalized spacial score (nSPS) is 11.4. The van der Waals surface area contributed by atoms with Crippen LogP contribution in [0.5, 0.6) is 0 Å². The minimum absolute atomic E-state index is 0.0913. The molecule has 2 aromatic rings. The minimum Gasteiger partial charge on any atom is -0.468 e. The van der Waals surface area contributed by atoms with E-state index in [-0.39, 0.29) is 17.1 Å². The number of esters is 1. The molecule has 2 heterocycles. The SMILES string of the molecule is COC(=O)Cn1cc(NS(=O)(=O)c2cc(Br)sc2Br)cn1. The zero-order valence-corrected chi connectivity index (χ0v) is 15.3. The molecule has 0 unspecified atom stereocenters. The molecule has 0 aliphatic heterocycles. The predicted molar refractivity (Wildman–Crippen MR) is 84.8 cm³/mol. The van der Waals surface area contributed by atoms with Gasteiger partial charge in [-0.25, -0.2) is 8.42 Å². The first-order valence-electron chi connectivity index (χ1n) is 5.39. The highest BCUT2D eigenvalue weighted by Crippen LogP contribution is 2.35. The van der Waals surface area contributed by atoms with E-state index in [1.165, 1.54) is 41.6 Å². The second-order valence-corrected chi connectivity index (χ2v) is 9.20. The van der Waals surface area contributed by atoms with Crippen LogP contribution in [0.1, 0.15) is 0 Å². The lowest BCUT2D eigenvalue weighted by Gasteiger charge is -2.04. The van der Waals surface area contributed by atoms with Crippen molar-refractivity contribution in [3.8, 4) is 0 Å². The average molecular weight is 459 g/mol. The molecule has 2 aromatic heterocycles. The monoisotopic (exact) mass is 457 g/mol. The Balaban J connectivity index is 2.18. The second-order valence-electron chi connectivity index (χ2n) is 3.80. The molecule has 7 nitrogen and oxygen atoms in total. The smallest absolute Gasteiger partial charge is 0.327 e. The van der Waals surface area contributed by atoms with E-state index < -0.39 is 16.0 Å². The van der Waals surface area contributed by atoms with Gasteiger partial charge in [0.25, 0.3) is 10.0 Å². The van der Waals surface area contributed by atoms with Crippen molar-refractivity contribution in [2.75, 3.05) is 11.8 Å². The fourth-order valence-electron chi connectivity index (χ4n) is 1.42. The van der Waals surface area contributed by atoms with Gasteiger partial charge in [0, 0.05) is 6.20 Å². The molecule has 0 fully saturated rings. The van der Waals surface area contributed by atoms with Crippen molar-refractivity contribution in [3.05, 3.63) is 26.0 Å². The molecule has 0 bridgehead atoms. The quantitative estimate of drug-likeness (QED) is 0.695. The Morgan fingerprint density at radius 2 is 2.24 bits per heavy atom. The first-order valence-corrected chi connectivity index (χ1v) is 9.27. The van der Waals surface area contributed by atoms with Crippen LogP contribution in [0.4, 0.5) is 5.69 Å². The third-order valence-corrected chi connectivity index (χ3v) is 6.46. The van der Waals surface area contributed by atoms with Gasteiger partial charge in [-0.1, -0.05) is 0 Å². The highest BCUT2D eigenvalue weighted by molar-refractivity contribution is 9.12. The average Bonchev–Trinajstić information content (AvgIpc) is 2.95. The molecule has 0 radical (unpaired) electrons. The highest BCUT2D eigenvalue weighted by atomic mass is 79.9. The topological polar surface area (TPSA) is 90.3 Å². The van der Waals surface area contributed by atoms with Crippen LogP contribution in [0.25, 0.3) is 0 Å². The Hall–Kier alpha value is -0.910. The van der Waals surface area contributed by atoms with Crippen LogP contribution >= 0.6 is 43.2 Å². The number of hydrogen-bond donors (Lipinski definition) is 1. The van der Waals surface area contributed by atoms with E-state index >= 15 is 0 Å². The molecule has 0 amide bonds. The number of rotatable bonds is 5. The lowest BCUT2D eigenvalue weighted by atomic mass is 10.6. The lowest BCUT2D eigenvalue weighted by molar-refractivity contribution is -0.141. The molecule has 1 N–H and O–H groups in total. The van der Waals surface area contributed by atoms with Crippen LogP contribution in [0.15, 0.2) is 30.9 Å². The van der Waals surface area contributed by atoms with Crippen molar-refractivity contribution in [2.24, 2.45) is 0 Å². The molecular weight excluding hydrogens is 450 g/mol. The molecular formula is C10H9Br2N3O4S2. The summed E-state index contributed by atoms with van der Waals surface area (Å²) in [6.07, 6.45) is 2.72. The van der Waals surface area contributed by atoms with E-state index in [1.807, 2.05) is 0 Å². The summed E-state index contributed by atoms with van der Waals surface area (Å²) >= 11 is 7.68. The van der Waals surface area contributed by atoms with Gasteiger partial charge in [0.05, 0.1) is 26.6 Å². The maximum Gasteiger partial charge on any atom is 0.327 e. The van der Waals surface area contributed by atoms with E-state index in [4.69, 9.17) is 0 Å². The molecule has 0 spiro atoms. The molecule has 11 heteroatoms.